The van der Waals surface area contributed by atoms with Crippen LogP contribution in [-0.4, -0.2) is 22.7 Å². The highest BCUT2D eigenvalue weighted by Crippen LogP contribution is 2.35. The van der Waals surface area contributed by atoms with E-state index in [1.54, 1.807) is 12.1 Å². The Morgan fingerprint density at radius 2 is 1.86 bits per heavy atom. The Kier molecular flexibility index (Phi) is 3.00. The lowest BCUT2D eigenvalue weighted by Crippen LogP contribution is -2.33. The van der Waals surface area contributed by atoms with Crippen molar-refractivity contribution >= 4 is 40.7 Å². The van der Waals surface area contributed by atoms with Gasteiger partial charge in [0.05, 0.1) is 10.0 Å². The van der Waals surface area contributed by atoms with Crippen LogP contribution in [0.25, 0.3) is 0 Å². The molecule has 2 rings (SSSR count). The highest BCUT2D eigenvalue weighted by atomic mass is 35.5. The van der Waals surface area contributed by atoms with E-state index in [-0.39, 0.29) is 15.8 Å². The van der Waals surface area contributed by atoms with Crippen LogP contribution in [0.5, 0.6) is 5.75 Å². The topological polar surface area (TPSA) is 32.3 Å². The van der Waals surface area contributed by atoms with Crippen molar-refractivity contribution in [3.63, 3.8) is 0 Å². The molecule has 5 heteroatoms. The van der Waals surface area contributed by atoms with Gasteiger partial charge in [-0.1, -0.05) is 23.2 Å². The molecule has 2 N–H and O–H groups in total. The molecule has 1 aliphatic rings. The fourth-order valence-electron chi connectivity index (χ4n) is 1.20. The molecule has 0 amide bonds. The highest BCUT2D eigenvalue weighted by Gasteiger charge is 2.18. The van der Waals surface area contributed by atoms with Crippen molar-refractivity contribution in [3.8, 4) is 5.75 Å². The Morgan fingerprint density at radius 3 is 2.29 bits per heavy atom. The first-order valence-corrected chi connectivity index (χ1v) is 6.10. The summed E-state index contributed by atoms with van der Waals surface area (Å²) < 4.78 is 0. The number of phenols is 1. The number of phenolic OH excluding ortho intramolecular Hbond substituents is 1. The van der Waals surface area contributed by atoms with Gasteiger partial charge in [0, 0.05) is 23.2 Å². The third-order valence-electron chi connectivity index (χ3n) is 2.03. The van der Waals surface area contributed by atoms with Gasteiger partial charge in [0.2, 0.25) is 0 Å². The van der Waals surface area contributed by atoms with Gasteiger partial charge < -0.3 is 10.4 Å². The molecule has 1 heterocycles. The van der Waals surface area contributed by atoms with Crippen LogP contribution in [0, 0.1) is 0 Å². The Labute approximate surface area is 96.6 Å². The van der Waals surface area contributed by atoms with Crippen LogP contribution >= 0.6 is 35.0 Å². The molecule has 1 aliphatic heterocycles. The van der Waals surface area contributed by atoms with Crippen molar-refractivity contribution in [2.45, 2.75) is 6.04 Å². The third-order valence-corrected chi connectivity index (χ3v) is 3.88. The minimum absolute atomic E-state index is 0.0538. The number of benzene rings is 1. The Balaban J connectivity index is 2.17. The summed E-state index contributed by atoms with van der Waals surface area (Å²) in [5.41, 5.74) is 0.864. The van der Waals surface area contributed by atoms with Gasteiger partial charge in [-0.25, -0.2) is 0 Å². The second kappa shape index (κ2) is 4.09. The molecular formula is C9H9Cl2NOS. The summed E-state index contributed by atoms with van der Waals surface area (Å²) in [7, 11) is 0. The predicted octanol–water partition coefficient (Wildman–Crippen LogP) is 3.23. The third kappa shape index (κ3) is 2.05. The van der Waals surface area contributed by atoms with E-state index in [1.165, 1.54) is 0 Å². The average molecular weight is 250 g/mol. The van der Waals surface area contributed by atoms with Crippen LogP contribution in [-0.2, 0) is 0 Å². The largest absolute Gasteiger partial charge is 0.505 e. The van der Waals surface area contributed by atoms with Gasteiger partial charge in [-0.15, -0.1) is 0 Å². The highest BCUT2D eigenvalue weighted by molar-refractivity contribution is 8.00. The molecule has 0 bridgehead atoms. The molecule has 0 aliphatic carbocycles. The first kappa shape index (κ1) is 10.3. The molecule has 76 valence electrons. The molecule has 2 nitrogen and oxygen atoms in total. The molecule has 0 spiro atoms. The zero-order valence-electron chi connectivity index (χ0n) is 7.26. The molecular weight excluding hydrogens is 241 g/mol. The molecule has 14 heavy (non-hydrogen) atoms. The van der Waals surface area contributed by atoms with E-state index in [9.17, 15) is 5.11 Å². The van der Waals surface area contributed by atoms with E-state index in [4.69, 9.17) is 23.2 Å². The minimum atomic E-state index is -0.0538. The first-order valence-electron chi connectivity index (χ1n) is 4.19. The maximum atomic E-state index is 9.34. The Morgan fingerprint density at radius 1 is 1.29 bits per heavy atom. The fourth-order valence-corrected chi connectivity index (χ4v) is 2.33. The number of aromatic hydroxyl groups is 1. The summed E-state index contributed by atoms with van der Waals surface area (Å²) in [5, 5.41) is 13.2. The SMILES string of the molecule is Oc1c(Cl)cc(NC2CSC2)cc1Cl. The standard InChI is InChI=1S/C9H9Cl2NOS/c10-7-1-5(2-8(11)9(7)13)12-6-3-14-4-6/h1-2,6,12-13H,3-4H2. The summed E-state index contributed by atoms with van der Waals surface area (Å²) in [6.45, 7) is 0. The van der Waals surface area contributed by atoms with Crippen LogP contribution in [0.15, 0.2) is 12.1 Å². The first-order chi connectivity index (χ1) is 6.66. The Bertz CT molecular complexity index is 332. The van der Waals surface area contributed by atoms with Gasteiger partial charge in [-0.05, 0) is 12.1 Å². The minimum Gasteiger partial charge on any atom is -0.505 e. The maximum absolute atomic E-state index is 9.34. The van der Waals surface area contributed by atoms with Gasteiger partial charge in [0.15, 0.2) is 5.75 Å². The number of halogens is 2. The van der Waals surface area contributed by atoms with Crippen molar-refractivity contribution in [1.29, 1.82) is 0 Å². The summed E-state index contributed by atoms with van der Waals surface area (Å²) in [6, 6.07) is 3.87. The van der Waals surface area contributed by atoms with Gasteiger partial charge in [0.1, 0.15) is 0 Å². The van der Waals surface area contributed by atoms with Crippen LogP contribution in [0.3, 0.4) is 0 Å². The van der Waals surface area contributed by atoms with Crippen molar-refractivity contribution in [1.82, 2.24) is 0 Å². The second-order valence-electron chi connectivity index (χ2n) is 3.17. The summed E-state index contributed by atoms with van der Waals surface area (Å²) in [4.78, 5) is 0. The van der Waals surface area contributed by atoms with Crippen molar-refractivity contribution in [2.75, 3.05) is 16.8 Å². The average Bonchev–Trinajstić information content (AvgIpc) is 2.07. The normalized spacial score (nSPS) is 16.4. The maximum Gasteiger partial charge on any atom is 0.152 e. The molecule has 0 atom stereocenters. The van der Waals surface area contributed by atoms with Gasteiger partial charge in [-0.2, -0.15) is 11.8 Å². The van der Waals surface area contributed by atoms with E-state index >= 15 is 0 Å². The molecule has 1 aromatic carbocycles. The summed E-state index contributed by atoms with van der Waals surface area (Å²) in [6.07, 6.45) is 0. The molecule has 0 radical (unpaired) electrons. The summed E-state index contributed by atoms with van der Waals surface area (Å²) in [5.74, 6) is 2.16. The number of thioether (sulfide) groups is 1. The number of hydrogen-bond acceptors (Lipinski definition) is 3. The quantitative estimate of drug-likeness (QED) is 0.790. The van der Waals surface area contributed by atoms with Crippen molar-refractivity contribution in [2.24, 2.45) is 0 Å². The lowest BCUT2D eigenvalue weighted by molar-refractivity contribution is 0.476. The number of nitrogens with one attached hydrogen (secondary N) is 1. The second-order valence-corrected chi connectivity index (χ2v) is 5.06. The number of rotatable bonds is 2. The molecule has 0 saturated carbocycles. The van der Waals surface area contributed by atoms with Gasteiger partial charge in [-0.3, -0.25) is 0 Å². The van der Waals surface area contributed by atoms with Crippen molar-refractivity contribution in [3.05, 3.63) is 22.2 Å². The smallest absolute Gasteiger partial charge is 0.152 e. The van der Waals surface area contributed by atoms with E-state index in [0.29, 0.717) is 6.04 Å². The van der Waals surface area contributed by atoms with Crippen LogP contribution in [0.1, 0.15) is 0 Å². The van der Waals surface area contributed by atoms with Crippen LogP contribution in [0.2, 0.25) is 10.0 Å². The van der Waals surface area contributed by atoms with Crippen molar-refractivity contribution < 1.29 is 5.11 Å². The van der Waals surface area contributed by atoms with E-state index < -0.39 is 0 Å². The molecule has 1 fully saturated rings. The lowest BCUT2D eigenvalue weighted by Gasteiger charge is -2.27. The monoisotopic (exact) mass is 249 g/mol. The molecule has 0 unspecified atom stereocenters. The molecule has 1 aromatic rings. The number of anilines is 1. The summed E-state index contributed by atoms with van der Waals surface area (Å²) >= 11 is 13.5. The van der Waals surface area contributed by atoms with E-state index in [1.807, 2.05) is 11.8 Å². The van der Waals surface area contributed by atoms with Gasteiger partial charge >= 0.3 is 0 Å². The van der Waals surface area contributed by atoms with Crippen LogP contribution in [0.4, 0.5) is 5.69 Å². The Hall–Kier alpha value is -0.250. The lowest BCUT2D eigenvalue weighted by atomic mass is 10.2. The fraction of sp³-hybridized carbons (Fsp3) is 0.333. The zero-order valence-corrected chi connectivity index (χ0v) is 9.59. The van der Waals surface area contributed by atoms with E-state index in [0.717, 1.165) is 17.2 Å². The predicted molar refractivity (Wildman–Crippen MR) is 62.9 cm³/mol. The molecule has 1 saturated heterocycles. The van der Waals surface area contributed by atoms with E-state index in [2.05, 4.69) is 5.32 Å². The number of hydrogen-bond donors (Lipinski definition) is 2. The zero-order chi connectivity index (χ0) is 10.1. The molecule has 0 aromatic heterocycles. The van der Waals surface area contributed by atoms with Gasteiger partial charge in [0.25, 0.3) is 0 Å². The van der Waals surface area contributed by atoms with Crippen LogP contribution < -0.4 is 5.32 Å².